The van der Waals surface area contributed by atoms with Gasteiger partial charge in [0.25, 0.3) is 5.91 Å². The molecule has 7 rings (SSSR count). The number of likely N-dealkylation sites (tertiary alicyclic amines) is 1. The lowest BCUT2D eigenvalue weighted by molar-refractivity contribution is 0.0607. The second-order valence-electron chi connectivity index (χ2n) is 13.0. The number of fused-ring (bicyclic) bond motifs is 3. The Morgan fingerprint density at radius 1 is 0.881 bits per heavy atom. The molecule has 6 nitrogen and oxygen atoms in total. The van der Waals surface area contributed by atoms with Crippen molar-refractivity contribution in [1.29, 1.82) is 0 Å². The van der Waals surface area contributed by atoms with E-state index < -0.39 is 0 Å². The number of carbonyl (C=O) groups excluding carboxylic acids is 1. The van der Waals surface area contributed by atoms with Crippen molar-refractivity contribution >= 4 is 22.6 Å². The summed E-state index contributed by atoms with van der Waals surface area (Å²) in [7, 11) is 0. The zero-order valence-electron chi connectivity index (χ0n) is 25.0. The lowest BCUT2D eigenvalue weighted by Crippen LogP contribution is -2.49. The Hall–Kier alpha value is -3.64. The van der Waals surface area contributed by atoms with Gasteiger partial charge in [-0.25, -0.2) is 4.98 Å². The summed E-state index contributed by atoms with van der Waals surface area (Å²) in [5.41, 5.74) is 12.4. The molecule has 6 heteroatoms. The number of hydrogen-bond donors (Lipinski definition) is 1. The van der Waals surface area contributed by atoms with E-state index in [1.54, 1.807) is 0 Å². The summed E-state index contributed by atoms with van der Waals surface area (Å²) in [5.74, 6) is 1.22. The van der Waals surface area contributed by atoms with Crippen LogP contribution in [0.5, 0.6) is 0 Å². The lowest BCUT2D eigenvalue weighted by atomic mass is 9.70. The molecular formula is C36H43N5O. The molecule has 4 heterocycles. The van der Waals surface area contributed by atoms with Crippen molar-refractivity contribution in [2.45, 2.75) is 82.3 Å². The number of nitrogens with zero attached hydrogens (tertiary/aromatic N) is 4. The third kappa shape index (κ3) is 4.70. The number of benzene rings is 3. The molecule has 3 aromatic carbocycles. The molecule has 2 N–H and O–H groups in total. The van der Waals surface area contributed by atoms with Gasteiger partial charge in [0.2, 0.25) is 0 Å². The molecule has 0 saturated carbocycles. The molecular weight excluding hydrogens is 518 g/mol. The highest BCUT2D eigenvalue weighted by Crippen LogP contribution is 2.45. The fourth-order valence-corrected chi connectivity index (χ4v) is 8.54. The summed E-state index contributed by atoms with van der Waals surface area (Å²) < 4.78 is 2.53. The van der Waals surface area contributed by atoms with Gasteiger partial charge in [-0.3, -0.25) is 9.69 Å². The largest absolute Gasteiger partial charge is 0.398 e. The van der Waals surface area contributed by atoms with Gasteiger partial charge in [0.15, 0.2) is 0 Å². The van der Waals surface area contributed by atoms with Crippen LogP contribution >= 0.6 is 0 Å². The molecule has 0 unspecified atom stereocenters. The zero-order chi connectivity index (χ0) is 28.8. The Morgan fingerprint density at radius 2 is 1.57 bits per heavy atom. The molecule has 3 saturated heterocycles. The van der Waals surface area contributed by atoms with E-state index in [-0.39, 0.29) is 11.3 Å². The van der Waals surface area contributed by atoms with Gasteiger partial charge in [0.05, 0.1) is 16.6 Å². The Kier molecular flexibility index (Phi) is 7.05. The maximum Gasteiger partial charge on any atom is 0.256 e. The summed E-state index contributed by atoms with van der Waals surface area (Å²) in [4.78, 5) is 23.3. The van der Waals surface area contributed by atoms with Crippen molar-refractivity contribution in [2.75, 3.05) is 25.4 Å². The number of nitrogens with two attached hydrogens (primary N) is 1. The van der Waals surface area contributed by atoms with Crippen molar-refractivity contribution in [3.63, 3.8) is 0 Å². The number of anilines is 1. The highest BCUT2D eigenvalue weighted by molar-refractivity contribution is 6.00. The molecule has 4 aromatic rings. The number of rotatable bonds is 6. The molecule has 3 aliphatic heterocycles. The van der Waals surface area contributed by atoms with Gasteiger partial charge in [-0.05, 0) is 100 Å². The van der Waals surface area contributed by atoms with Gasteiger partial charge in [-0.1, -0.05) is 54.6 Å². The van der Waals surface area contributed by atoms with Crippen LogP contribution < -0.4 is 5.73 Å². The molecule has 3 aliphatic rings. The van der Waals surface area contributed by atoms with Crippen molar-refractivity contribution in [3.05, 3.63) is 95.3 Å². The minimum Gasteiger partial charge on any atom is -0.398 e. The van der Waals surface area contributed by atoms with Gasteiger partial charge in [0.1, 0.15) is 5.82 Å². The normalized spacial score (nSPS) is 23.9. The van der Waals surface area contributed by atoms with Crippen LogP contribution in [0.25, 0.3) is 11.0 Å². The number of imidazole rings is 1. The number of hydrogen-bond acceptors (Lipinski definition) is 4. The summed E-state index contributed by atoms with van der Waals surface area (Å²) in [6, 6.07) is 27.2. The number of nitrogen functional groups attached to an aromatic ring is 1. The van der Waals surface area contributed by atoms with Gasteiger partial charge in [-0.2, -0.15) is 0 Å². The molecule has 218 valence electrons. The Labute approximate surface area is 249 Å². The monoisotopic (exact) mass is 561 g/mol. The molecule has 0 aliphatic carbocycles. The number of aromatic nitrogens is 2. The van der Waals surface area contributed by atoms with Crippen LogP contribution in [-0.4, -0.2) is 57.0 Å². The number of para-hydroxylation sites is 2. The van der Waals surface area contributed by atoms with E-state index in [4.69, 9.17) is 10.7 Å². The second kappa shape index (κ2) is 10.9. The molecule has 2 bridgehead atoms. The second-order valence-corrected chi connectivity index (χ2v) is 13.0. The average molecular weight is 562 g/mol. The standard InChI is InChI=1S/C36H43N5O/c1-25-9-8-12-31(37)34(25)35(42)39-20-17-36(18-21-39,27-10-4-3-5-11-27)19-22-40-28-15-16-29(40)24-30(23-28)41-26(2)38-32-13-6-7-14-33(32)41/h3-14,28-30H,15-24,37H2,1-2H3/t28-,29+,30+. The molecule has 1 amide bonds. The van der Waals surface area contributed by atoms with Crippen LogP contribution in [0.4, 0.5) is 5.69 Å². The third-order valence-corrected chi connectivity index (χ3v) is 10.8. The van der Waals surface area contributed by atoms with E-state index in [1.165, 1.54) is 36.8 Å². The fraction of sp³-hybridized carbons (Fsp3) is 0.444. The smallest absolute Gasteiger partial charge is 0.256 e. The SMILES string of the molecule is Cc1cccc(N)c1C(=O)N1CCC(CCN2[C@@H]3CC[C@H]2C[C@@H](n2c(C)nc4ccccc42)C3)(c2ccccc2)CC1. The molecule has 0 spiro atoms. The highest BCUT2D eigenvalue weighted by Gasteiger charge is 2.44. The summed E-state index contributed by atoms with van der Waals surface area (Å²) in [6.07, 6.45) is 8.11. The van der Waals surface area contributed by atoms with Crippen molar-refractivity contribution in [2.24, 2.45) is 0 Å². The van der Waals surface area contributed by atoms with Crippen LogP contribution in [0.15, 0.2) is 72.8 Å². The number of amides is 1. The molecule has 42 heavy (non-hydrogen) atoms. The maximum atomic E-state index is 13.6. The third-order valence-electron chi connectivity index (χ3n) is 10.8. The fourth-order valence-electron chi connectivity index (χ4n) is 8.54. The zero-order valence-corrected chi connectivity index (χ0v) is 25.0. The minimum atomic E-state index is 0.0784. The lowest BCUT2D eigenvalue weighted by Gasteiger charge is -2.45. The van der Waals surface area contributed by atoms with Crippen molar-refractivity contribution < 1.29 is 4.79 Å². The van der Waals surface area contributed by atoms with E-state index >= 15 is 0 Å². The number of aryl methyl sites for hydroxylation is 2. The summed E-state index contributed by atoms with van der Waals surface area (Å²) in [6.45, 7) is 6.81. The predicted molar refractivity (Wildman–Crippen MR) is 170 cm³/mol. The molecule has 3 atom stereocenters. The van der Waals surface area contributed by atoms with Crippen LogP contribution in [0.1, 0.15) is 78.3 Å². The molecule has 1 aromatic heterocycles. The minimum absolute atomic E-state index is 0.0784. The van der Waals surface area contributed by atoms with Crippen molar-refractivity contribution in [3.8, 4) is 0 Å². The predicted octanol–water partition coefficient (Wildman–Crippen LogP) is 6.67. The van der Waals surface area contributed by atoms with E-state index in [2.05, 4.69) is 71.0 Å². The Bertz CT molecular complexity index is 1550. The summed E-state index contributed by atoms with van der Waals surface area (Å²) >= 11 is 0. The van der Waals surface area contributed by atoms with E-state index in [9.17, 15) is 4.79 Å². The first-order valence-electron chi connectivity index (χ1n) is 15.8. The topological polar surface area (TPSA) is 67.4 Å². The van der Waals surface area contributed by atoms with Crippen LogP contribution in [0.2, 0.25) is 0 Å². The Balaban J connectivity index is 1.07. The van der Waals surface area contributed by atoms with E-state index in [0.717, 1.165) is 55.8 Å². The maximum absolute atomic E-state index is 13.6. The Morgan fingerprint density at radius 3 is 2.29 bits per heavy atom. The quantitative estimate of drug-likeness (QED) is 0.267. The number of carbonyl (C=O) groups is 1. The van der Waals surface area contributed by atoms with Crippen LogP contribution in [0, 0.1) is 13.8 Å². The first-order valence-corrected chi connectivity index (χ1v) is 15.8. The first kappa shape index (κ1) is 27.2. The van der Waals surface area contributed by atoms with Gasteiger partial charge in [0, 0.05) is 36.9 Å². The number of piperidine rings is 2. The first-order chi connectivity index (χ1) is 20.4. The van der Waals surface area contributed by atoms with Gasteiger partial charge < -0.3 is 15.2 Å². The van der Waals surface area contributed by atoms with Crippen LogP contribution in [-0.2, 0) is 5.41 Å². The highest BCUT2D eigenvalue weighted by atomic mass is 16.2. The van der Waals surface area contributed by atoms with Gasteiger partial charge >= 0.3 is 0 Å². The van der Waals surface area contributed by atoms with Gasteiger partial charge in [-0.15, -0.1) is 0 Å². The van der Waals surface area contributed by atoms with Crippen LogP contribution in [0.3, 0.4) is 0 Å². The van der Waals surface area contributed by atoms with E-state index in [0.29, 0.717) is 29.4 Å². The van der Waals surface area contributed by atoms with E-state index in [1.807, 2.05) is 30.0 Å². The van der Waals surface area contributed by atoms with Crippen molar-refractivity contribution in [1.82, 2.24) is 19.4 Å². The summed E-state index contributed by atoms with van der Waals surface area (Å²) in [5, 5.41) is 0. The molecule has 3 fully saturated rings. The average Bonchev–Trinajstić information content (AvgIpc) is 3.47. The molecule has 0 radical (unpaired) electrons.